The smallest absolute Gasteiger partial charge is 0.401 e. The molecule has 0 heterocycles. The number of carboxylic acid groups (broad SMARTS) is 1. The van der Waals surface area contributed by atoms with Crippen LogP contribution in [0.3, 0.4) is 0 Å². The van der Waals surface area contributed by atoms with Crippen molar-refractivity contribution in [1.82, 2.24) is 5.32 Å². The van der Waals surface area contributed by atoms with Crippen LogP contribution >= 0.6 is 15.9 Å². The number of hydrogen-bond acceptors (Lipinski definition) is 8. The molecule has 2 aromatic carbocycles. The topological polar surface area (TPSA) is 162 Å². The lowest BCUT2D eigenvalue weighted by molar-refractivity contribution is -0.385. The largest absolute Gasteiger partial charge is 0.478 e. The second kappa shape index (κ2) is 13.1. The number of nitro groups is 2. The monoisotopic (exact) mass is 593 g/mol. The van der Waals surface area contributed by atoms with Crippen LogP contribution in [0.25, 0.3) is 0 Å². The van der Waals surface area contributed by atoms with Crippen LogP contribution in [-0.4, -0.2) is 45.2 Å². The number of benzene rings is 2. The van der Waals surface area contributed by atoms with E-state index in [1.807, 2.05) is 5.32 Å². The zero-order valence-electron chi connectivity index (χ0n) is 19.8. The van der Waals surface area contributed by atoms with Gasteiger partial charge in [-0.3, -0.25) is 20.2 Å². The minimum Gasteiger partial charge on any atom is -0.478 e. The maximum absolute atomic E-state index is 11.9. The fourth-order valence-corrected chi connectivity index (χ4v) is 3.16. The number of carbonyl (C=O) groups excluding carboxylic acids is 1. The van der Waals surface area contributed by atoms with E-state index in [-0.39, 0.29) is 16.8 Å². The van der Waals surface area contributed by atoms with Gasteiger partial charge in [-0.2, -0.15) is 13.2 Å². The molecule has 0 amide bonds. The third-order valence-corrected chi connectivity index (χ3v) is 4.82. The van der Waals surface area contributed by atoms with Crippen LogP contribution in [0.2, 0.25) is 0 Å². The predicted octanol–water partition coefficient (Wildman–Crippen LogP) is 5.39. The molecule has 2 aromatic rings. The summed E-state index contributed by atoms with van der Waals surface area (Å²) in [7, 11) is 0. The molecule has 0 fully saturated rings. The molecule has 0 unspecified atom stereocenters. The van der Waals surface area contributed by atoms with E-state index in [1.165, 1.54) is 18.2 Å². The standard InChI is InChI=1S/C12H14BrNO4.C10H9F3N2O4/c1-12(2,3)18-11(15)8-4-5-10(14(16)17)9(6-8)7-13;11-10(12,13)5-14-4-7-3-6(9(16)17)1-2-8(7)15(18)19/h4-6H,7H2,1-3H3;1-3,14H,4-5H2,(H,16,17). The van der Waals surface area contributed by atoms with Gasteiger partial charge in [-0.15, -0.1) is 0 Å². The lowest BCUT2D eigenvalue weighted by Gasteiger charge is -2.19. The highest BCUT2D eigenvalue weighted by Crippen LogP contribution is 2.24. The molecule has 37 heavy (non-hydrogen) atoms. The Morgan fingerprint density at radius 2 is 1.46 bits per heavy atom. The lowest BCUT2D eigenvalue weighted by atomic mass is 10.1. The van der Waals surface area contributed by atoms with E-state index in [2.05, 4.69) is 15.9 Å². The summed E-state index contributed by atoms with van der Waals surface area (Å²) >= 11 is 3.16. The number of hydrogen-bond donors (Lipinski definition) is 2. The number of esters is 1. The highest BCUT2D eigenvalue weighted by molar-refractivity contribution is 9.08. The van der Waals surface area contributed by atoms with Gasteiger partial charge in [-0.1, -0.05) is 15.9 Å². The first-order valence-corrected chi connectivity index (χ1v) is 11.4. The van der Waals surface area contributed by atoms with Crippen LogP contribution in [0.4, 0.5) is 24.5 Å². The van der Waals surface area contributed by atoms with Crippen molar-refractivity contribution in [1.29, 1.82) is 0 Å². The molecule has 0 aliphatic rings. The van der Waals surface area contributed by atoms with Gasteiger partial charge in [0.25, 0.3) is 11.4 Å². The van der Waals surface area contributed by atoms with Crippen LogP contribution in [0.1, 0.15) is 52.6 Å². The van der Waals surface area contributed by atoms with Gasteiger partial charge in [0, 0.05) is 35.1 Å². The molecule has 0 aliphatic carbocycles. The van der Waals surface area contributed by atoms with E-state index >= 15 is 0 Å². The number of nitro benzene ring substituents is 2. The summed E-state index contributed by atoms with van der Waals surface area (Å²) in [4.78, 5) is 42.7. The zero-order chi connectivity index (χ0) is 28.6. The molecule has 2 N–H and O–H groups in total. The number of rotatable bonds is 8. The van der Waals surface area contributed by atoms with Crippen molar-refractivity contribution in [2.75, 3.05) is 6.54 Å². The van der Waals surface area contributed by atoms with Gasteiger partial charge in [-0.25, -0.2) is 9.59 Å². The van der Waals surface area contributed by atoms with Gasteiger partial charge in [-0.05, 0) is 45.0 Å². The number of aromatic carboxylic acids is 1. The normalized spacial score (nSPS) is 11.2. The lowest BCUT2D eigenvalue weighted by Crippen LogP contribution is -2.28. The van der Waals surface area contributed by atoms with Gasteiger partial charge in [0.05, 0.1) is 27.5 Å². The van der Waals surface area contributed by atoms with Crippen molar-refractivity contribution < 1.29 is 42.5 Å². The van der Waals surface area contributed by atoms with Gasteiger partial charge in [0.15, 0.2) is 0 Å². The van der Waals surface area contributed by atoms with Crippen LogP contribution in [0.5, 0.6) is 0 Å². The minimum absolute atomic E-state index is 0.0146. The highest BCUT2D eigenvalue weighted by Gasteiger charge is 2.27. The first-order chi connectivity index (χ1) is 16.9. The second-order valence-electron chi connectivity index (χ2n) is 8.36. The zero-order valence-corrected chi connectivity index (χ0v) is 21.4. The number of carboxylic acids is 1. The highest BCUT2D eigenvalue weighted by atomic mass is 79.9. The van der Waals surface area contributed by atoms with Crippen molar-refractivity contribution in [2.24, 2.45) is 0 Å². The maximum atomic E-state index is 11.9. The van der Waals surface area contributed by atoms with E-state index in [4.69, 9.17) is 9.84 Å². The summed E-state index contributed by atoms with van der Waals surface area (Å²) in [6, 6.07) is 7.14. The molecule has 0 saturated carbocycles. The summed E-state index contributed by atoms with van der Waals surface area (Å²) in [5.41, 5.74) is -0.622. The Kier molecular flexibility index (Phi) is 11.1. The molecule has 0 aliphatic heterocycles. The number of nitrogens with zero attached hydrogens (tertiary/aromatic N) is 2. The Morgan fingerprint density at radius 1 is 0.973 bits per heavy atom. The Labute approximate surface area is 217 Å². The third-order valence-electron chi connectivity index (χ3n) is 4.22. The van der Waals surface area contributed by atoms with Crippen LogP contribution in [-0.2, 0) is 16.6 Å². The molecule has 0 atom stereocenters. The first-order valence-electron chi connectivity index (χ1n) is 10.3. The maximum Gasteiger partial charge on any atom is 0.401 e. The summed E-state index contributed by atoms with van der Waals surface area (Å²) in [5, 5.41) is 32.4. The summed E-state index contributed by atoms with van der Waals surface area (Å²) in [5.74, 6) is -1.80. The van der Waals surface area contributed by atoms with Crippen molar-refractivity contribution in [2.45, 2.75) is 44.4 Å². The Morgan fingerprint density at radius 3 is 1.89 bits per heavy atom. The average molecular weight is 594 g/mol. The van der Waals surface area contributed by atoms with Crippen LogP contribution in [0, 0.1) is 20.2 Å². The van der Waals surface area contributed by atoms with Crippen LogP contribution in [0.15, 0.2) is 36.4 Å². The third kappa shape index (κ3) is 10.9. The number of halogens is 4. The Balaban J connectivity index is 0.000000371. The molecule has 0 bridgehead atoms. The van der Waals surface area contributed by atoms with E-state index in [0.29, 0.717) is 16.5 Å². The van der Waals surface area contributed by atoms with Crippen LogP contribution < -0.4 is 5.32 Å². The molecule has 2 rings (SSSR count). The van der Waals surface area contributed by atoms with Crippen molar-refractivity contribution in [3.63, 3.8) is 0 Å². The number of carbonyl (C=O) groups is 2. The van der Waals surface area contributed by atoms with Gasteiger partial charge < -0.3 is 15.2 Å². The molecule has 202 valence electrons. The van der Waals surface area contributed by atoms with E-state index in [9.17, 15) is 43.0 Å². The summed E-state index contributed by atoms with van der Waals surface area (Å²) in [6.07, 6.45) is -4.45. The van der Waals surface area contributed by atoms with E-state index in [0.717, 1.165) is 18.2 Å². The number of ether oxygens (including phenoxy) is 1. The SMILES string of the molecule is CC(C)(C)OC(=O)c1ccc([N+](=O)[O-])c(CBr)c1.O=C(O)c1ccc([N+](=O)[O-])c(CNCC(F)(F)F)c1. The second-order valence-corrected chi connectivity index (χ2v) is 8.92. The van der Waals surface area contributed by atoms with Crippen molar-refractivity contribution in [3.05, 3.63) is 78.9 Å². The quantitative estimate of drug-likeness (QED) is 0.177. The molecular weight excluding hydrogens is 571 g/mol. The van der Waals surface area contributed by atoms with Crippen molar-refractivity contribution >= 4 is 39.2 Å². The van der Waals surface area contributed by atoms with Gasteiger partial charge >= 0.3 is 18.1 Å². The molecule has 15 heteroatoms. The van der Waals surface area contributed by atoms with E-state index < -0.39 is 52.3 Å². The van der Waals surface area contributed by atoms with Gasteiger partial charge in [0.1, 0.15) is 5.60 Å². The summed E-state index contributed by atoms with van der Waals surface area (Å²) in [6.45, 7) is 3.53. The fraction of sp³-hybridized carbons (Fsp3) is 0.364. The fourth-order valence-electron chi connectivity index (χ4n) is 2.71. The molecule has 0 spiro atoms. The van der Waals surface area contributed by atoms with E-state index in [1.54, 1.807) is 20.8 Å². The molecular formula is C22H23BrF3N3O8. The number of nitrogens with one attached hydrogen (secondary N) is 1. The molecule has 0 aromatic heterocycles. The Hall–Kier alpha value is -3.59. The van der Waals surface area contributed by atoms with Gasteiger partial charge in [0.2, 0.25) is 0 Å². The first kappa shape index (κ1) is 31.4. The molecule has 11 nitrogen and oxygen atoms in total. The minimum atomic E-state index is -4.45. The Bertz CT molecular complexity index is 1170. The van der Waals surface area contributed by atoms with Crippen molar-refractivity contribution in [3.8, 4) is 0 Å². The predicted molar refractivity (Wildman–Crippen MR) is 129 cm³/mol. The molecule has 0 saturated heterocycles. The number of alkyl halides is 4. The molecule has 0 radical (unpaired) electrons. The average Bonchev–Trinajstić information content (AvgIpc) is 2.76. The summed E-state index contributed by atoms with van der Waals surface area (Å²) < 4.78 is 41.0.